The number of aromatic nitrogens is 1. The molecule has 0 bridgehead atoms. The van der Waals surface area contributed by atoms with Gasteiger partial charge in [-0.05, 0) is 13.8 Å². The van der Waals surface area contributed by atoms with Crippen LogP contribution < -0.4 is 85.7 Å². The van der Waals surface area contributed by atoms with Gasteiger partial charge in [0.05, 0.1) is 17.6 Å². The number of β-lactam (4-membered cyclic amide) rings is 1. The Labute approximate surface area is 279 Å². The van der Waals surface area contributed by atoms with Crippen molar-refractivity contribution in [3.8, 4) is 0 Å². The number of carbonyl (C=O) groups is 6. The van der Waals surface area contributed by atoms with Gasteiger partial charge in [0.15, 0.2) is 16.4 Å². The summed E-state index contributed by atoms with van der Waals surface area (Å²) in [4.78, 5) is 81.4. The molecule has 3 atom stereocenters. The number of hydrogen-bond donors (Lipinski definition) is 3. The van der Waals surface area contributed by atoms with Crippen molar-refractivity contribution >= 4 is 70.1 Å². The summed E-state index contributed by atoms with van der Waals surface area (Å²) < 4.78 is 5.15. The minimum Gasteiger partial charge on any atom is -0.546 e. The molecule has 0 aromatic carbocycles. The van der Waals surface area contributed by atoms with Gasteiger partial charge in [0.25, 0.3) is 11.8 Å². The molecule has 3 rings (SSSR count). The number of nitrogens with two attached hydrogens (primary N) is 1. The summed E-state index contributed by atoms with van der Waals surface area (Å²) in [5.41, 5.74) is 2.08. The van der Waals surface area contributed by atoms with Crippen LogP contribution in [0.25, 0.3) is 0 Å². The van der Waals surface area contributed by atoms with E-state index in [2.05, 4.69) is 20.8 Å². The Balaban J connectivity index is 0.00000400. The van der Waals surface area contributed by atoms with Crippen LogP contribution in [0.15, 0.2) is 21.8 Å². The number of ether oxygens (including phenoxy) is 1. The molecule has 4 N–H and O–H groups in total. The molecule has 1 aromatic rings. The number of fused-ring (bicyclic) bond motifs is 1. The largest absolute Gasteiger partial charge is 1.00 e. The number of hydrogen-bond acceptors (Lipinski definition) is 15. The van der Waals surface area contributed by atoms with Crippen LogP contribution in [0.3, 0.4) is 0 Å². The molecule has 40 heavy (non-hydrogen) atoms. The van der Waals surface area contributed by atoms with E-state index in [-0.39, 0.29) is 81.3 Å². The first-order valence-corrected chi connectivity index (χ1v) is 12.5. The molecule has 0 spiro atoms. The van der Waals surface area contributed by atoms with Gasteiger partial charge in [-0.2, -0.15) is 0 Å². The predicted molar refractivity (Wildman–Crippen MR) is 125 cm³/mol. The van der Waals surface area contributed by atoms with Gasteiger partial charge in [-0.25, -0.2) is 4.98 Å². The number of oxime groups is 1. The Morgan fingerprint density at radius 1 is 1.30 bits per heavy atom. The van der Waals surface area contributed by atoms with Crippen LogP contribution in [0.5, 0.6) is 0 Å². The van der Waals surface area contributed by atoms with Crippen molar-refractivity contribution in [2.24, 2.45) is 5.16 Å². The number of thiazole rings is 1. The molecule has 204 valence electrons. The SMILES string of the molecule is CC(=O)OC(NC(=O)/C(=N\OC(C)(C)C(=O)[O-])c1csc(N)n1)C1=C(C(=O)[O-])N2C(=O)[C@@H](NC=O)[C@H]2SC1.[Na+].[Na+]. The second kappa shape index (κ2) is 14.6. The zero-order chi connectivity index (χ0) is 28.4. The van der Waals surface area contributed by atoms with E-state index in [0.29, 0.717) is 6.41 Å². The van der Waals surface area contributed by atoms with E-state index in [1.165, 1.54) is 5.38 Å². The van der Waals surface area contributed by atoms with Crippen LogP contribution in [0.4, 0.5) is 5.13 Å². The van der Waals surface area contributed by atoms with Gasteiger partial charge >= 0.3 is 65.1 Å². The minimum atomic E-state index is -1.97. The number of rotatable bonds is 11. The molecule has 1 aromatic heterocycles. The Hall–Kier alpha value is -2.19. The number of carbonyl (C=O) groups excluding carboxylic acids is 6. The van der Waals surface area contributed by atoms with E-state index < -0.39 is 64.4 Å². The molecule has 1 saturated heterocycles. The summed E-state index contributed by atoms with van der Waals surface area (Å²) in [6.45, 7) is 3.22. The molecule has 0 radical (unpaired) electrons. The number of carboxylic acids is 2. The first-order chi connectivity index (χ1) is 17.8. The number of nitrogen functional groups attached to an aromatic ring is 1. The number of thioether (sulfide) groups is 1. The first-order valence-electron chi connectivity index (χ1n) is 10.5. The first kappa shape index (κ1) is 35.8. The molecule has 1 fully saturated rings. The van der Waals surface area contributed by atoms with Crippen molar-refractivity contribution in [3.05, 3.63) is 22.3 Å². The summed E-state index contributed by atoms with van der Waals surface area (Å²) in [6, 6.07) is -0.978. The molecule has 2 aliphatic heterocycles. The zero-order valence-electron chi connectivity index (χ0n) is 21.9. The molecule has 0 aliphatic carbocycles. The smallest absolute Gasteiger partial charge is 0.546 e. The van der Waals surface area contributed by atoms with E-state index >= 15 is 0 Å². The standard InChI is InChI=1S/C20H22N6O10S2.2Na/c1-7(28)35-14(8-4-37-16-11(22-6-27)15(30)26(16)12(8)17(31)32)24-13(29)10(9-5-38-19(21)23-9)25-36-20(2,3)18(33)34;;/h5-6,11,14,16H,4H2,1-3H3,(H2,21,23)(H,22,27)(H,24,29)(H,31,32)(H,33,34);;/q;2*+1/p-2/b25-10-;;/t11-,14?,16-;;/m1../s1. The quantitative estimate of drug-likeness (QED) is 0.0399. The third-order valence-electron chi connectivity index (χ3n) is 5.14. The maximum absolute atomic E-state index is 13.2. The molecular weight excluding hydrogens is 594 g/mol. The summed E-state index contributed by atoms with van der Waals surface area (Å²) in [7, 11) is 0. The summed E-state index contributed by atoms with van der Waals surface area (Å²) in [5, 5.41) is 32.1. The minimum absolute atomic E-state index is 0. The number of aliphatic carboxylic acids is 2. The Bertz CT molecular complexity index is 1270. The predicted octanol–water partition coefficient (Wildman–Crippen LogP) is -9.98. The number of esters is 1. The molecule has 20 heteroatoms. The van der Waals surface area contributed by atoms with Crippen molar-refractivity contribution in [2.75, 3.05) is 11.5 Å². The second-order valence-corrected chi connectivity index (χ2v) is 10.2. The topological polar surface area (TPSA) is 246 Å². The van der Waals surface area contributed by atoms with Crippen LogP contribution in [-0.4, -0.2) is 80.7 Å². The van der Waals surface area contributed by atoms with E-state index in [1.807, 2.05) is 0 Å². The van der Waals surface area contributed by atoms with Gasteiger partial charge in [0.2, 0.25) is 12.6 Å². The van der Waals surface area contributed by atoms with Gasteiger partial charge < -0.3 is 45.7 Å². The number of anilines is 1. The van der Waals surface area contributed by atoms with Crippen molar-refractivity contribution in [2.45, 2.75) is 44.0 Å². The van der Waals surface area contributed by atoms with E-state index in [4.69, 9.17) is 15.3 Å². The normalized spacial score (nSPS) is 19.0. The van der Waals surface area contributed by atoms with Crippen molar-refractivity contribution in [1.82, 2.24) is 20.5 Å². The fourth-order valence-electron chi connectivity index (χ4n) is 3.27. The molecular formula is C20H20N6Na2O10S2. The molecule has 3 heterocycles. The number of amides is 3. The van der Waals surface area contributed by atoms with Gasteiger partial charge in [0.1, 0.15) is 17.1 Å². The van der Waals surface area contributed by atoms with Gasteiger partial charge in [-0.1, -0.05) is 5.16 Å². The molecule has 3 amide bonds. The van der Waals surface area contributed by atoms with Crippen molar-refractivity contribution in [1.29, 1.82) is 0 Å². The fraction of sp³-hybridized carbons (Fsp3) is 0.400. The average molecular weight is 615 g/mol. The van der Waals surface area contributed by atoms with Crippen LogP contribution in [-0.2, 0) is 38.3 Å². The zero-order valence-corrected chi connectivity index (χ0v) is 27.5. The summed E-state index contributed by atoms with van der Waals surface area (Å²) >= 11 is 1.97. The summed E-state index contributed by atoms with van der Waals surface area (Å²) in [6.07, 6.45) is -1.43. The fourth-order valence-corrected chi connectivity index (χ4v) is 5.20. The van der Waals surface area contributed by atoms with Crippen LogP contribution in [0.2, 0.25) is 0 Å². The third kappa shape index (κ3) is 7.75. The Kier molecular flexibility index (Phi) is 13.1. The Morgan fingerprint density at radius 3 is 2.45 bits per heavy atom. The number of nitrogens with zero attached hydrogens (tertiary/aromatic N) is 3. The van der Waals surface area contributed by atoms with E-state index in [1.54, 1.807) is 0 Å². The van der Waals surface area contributed by atoms with E-state index in [0.717, 1.165) is 48.8 Å². The second-order valence-electron chi connectivity index (χ2n) is 8.20. The van der Waals surface area contributed by atoms with Gasteiger partial charge in [-0.15, -0.1) is 23.1 Å². The maximum atomic E-state index is 13.2. The molecule has 16 nitrogen and oxygen atoms in total. The van der Waals surface area contributed by atoms with Crippen molar-refractivity contribution in [3.63, 3.8) is 0 Å². The number of nitrogens with one attached hydrogen (secondary N) is 2. The van der Waals surface area contributed by atoms with Crippen LogP contribution in [0.1, 0.15) is 26.5 Å². The summed E-state index contributed by atoms with van der Waals surface area (Å²) in [5.74, 6) is -6.39. The maximum Gasteiger partial charge on any atom is 1.00 e. The Morgan fingerprint density at radius 2 is 1.95 bits per heavy atom. The monoisotopic (exact) mass is 614 g/mol. The van der Waals surface area contributed by atoms with E-state index in [9.17, 15) is 39.0 Å². The van der Waals surface area contributed by atoms with Gasteiger partial charge in [-0.3, -0.25) is 24.1 Å². The van der Waals surface area contributed by atoms with Crippen LogP contribution in [0, 0.1) is 0 Å². The van der Waals surface area contributed by atoms with Crippen LogP contribution >= 0.6 is 23.1 Å². The number of carboxylic acid groups (broad SMARTS) is 2. The molecule has 2 aliphatic rings. The average Bonchev–Trinajstić information content (AvgIpc) is 3.26. The third-order valence-corrected chi connectivity index (χ3v) is 7.11. The van der Waals surface area contributed by atoms with Gasteiger partial charge in [0, 0.05) is 23.6 Å². The van der Waals surface area contributed by atoms with Crippen molar-refractivity contribution < 1.29 is 108 Å². The molecule has 0 saturated carbocycles. The molecule has 1 unspecified atom stereocenters.